The molecule has 0 spiro atoms. The Kier molecular flexibility index (Phi) is 6.07. The Morgan fingerprint density at radius 3 is 2.71 bits per heavy atom. The first-order chi connectivity index (χ1) is 10.2. The van der Waals surface area contributed by atoms with E-state index in [1.165, 1.54) is 5.56 Å². The van der Waals surface area contributed by atoms with Crippen molar-refractivity contribution in [3.8, 4) is 5.75 Å². The molecule has 1 N–H and O–H groups in total. The van der Waals surface area contributed by atoms with Crippen molar-refractivity contribution in [3.05, 3.63) is 29.8 Å². The van der Waals surface area contributed by atoms with Gasteiger partial charge in [-0.3, -0.25) is 0 Å². The van der Waals surface area contributed by atoms with Gasteiger partial charge in [-0.2, -0.15) is 0 Å². The van der Waals surface area contributed by atoms with Gasteiger partial charge >= 0.3 is 0 Å². The highest BCUT2D eigenvalue weighted by atomic mass is 16.5. The van der Waals surface area contributed by atoms with Gasteiger partial charge in [0, 0.05) is 24.1 Å². The fourth-order valence-electron chi connectivity index (χ4n) is 3.28. The van der Waals surface area contributed by atoms with E-state index >= 15 is 0 Å². The smallest absolute Gasteiger partial charge is 0.124 e. The van der Waals surface area contributed by atoms with Crippen molar-refractivity contribution >= 4 is 0 Å². The summed E-state index contributed by atoms with van der Waals surface area (Å²) in [5, 5.41) is 3.66. The van der Waals surface area contributed by atoms with Crippen LogP contribution in [0.3, 0.4) is 0 Å². The van der Waals surface area contributed by atoms with Crippen LogP contribution >= 0.6 is 0 Å². The average molecular weight is 291 g/mol. The lowest BCUT2D eigenvalue weighted by molar-refractivity contribution is 0.0770. The summed E-state index contributed by atoms with van der Waals surface area (Å²) < 4.78 is 11.9. The Labute approximate surface area is 129 Å². The minimum atomic E-state index is 0.190. The second-order valence-electron chi connectivity index (χ2n) is 6.01. The molecule has 3 nitrogen and oxygen atoms in total. The molecule has 1 aliphatic rings. The third-order valence-corrected chi connectivity index (χ3v) is 4.13. The maximum absolute atomic E-state index is 6.02. The van der Waals surface area contributed by atoms with Crippen LogP contribution in [0.2, 0.25) is 0 Å². The molecule has 0 saturated carbocycles. The van der Waals surface area contributed by atoms with Crippen LogP contribution < -0.4 is 10.1 Å². The molecule has 0 aromatic heterocycles. The molecule has 21 heavy (non-hydrogen) atoms. The van der Waals surface area contributed by atoms with Crippen LogP contribution in [-0.2, 0) is 4.74 Å². The first-order valence-corrected chi connectivity index (χ1v) is 8.27. The van der Waals surface area contributed by atoms with Gasteiger partial charge in [0.05, 0.1) is 12.2 Å². The van der Waals surface area contributed by atoms with Crippen LogP contribution in [0.1, 0.15) is 52.1 Å². The molecule has 1 aromatic rings. The van der Waals surface area contributed by atoms with Crippen LogP contribution in [0.4, 0.5) is 0 Å². The van der Waals surface area contributed by atoms with Gasteiger partial charge in [-0.05, 0) is 39.3 Å². The predicted molar refractivity (Wildman–Crippen MR) is 86.8 cm³/mol. The number of rotatable bonds is 7. The van der Waals surface area contributed by atoms with Gasteiger partial charge in [-0.25, -0.2) is 0 Å². The molecule has 3 unspecified atom stereocenters. The number of hydrogen-bond donors (Lipinski definition) is 1. The van der Waals surface area contributed by atoms with E-state index in [9.17, 15) is 0 Å². The van der Waals surface area contributed by atoms with Gasteiger partial charge in [0.25, 0.3) is 0 Å². The van der Waals surface area contributed by atoms with Crippen LogP contribution in [0.25, 0.3) is 0 Å². The Balaban J connectivity index is 2.29. The second kappa shape index (κ2) is 7.81. The van der Waals surface area contributed by atoms with Gasteiger partial charge in [0.1, 0.15) is 5.75 Å². The largest absolute Gasteiger partial charge is 0.491 e. The summed E-state index contributed by atoms with van der Waals surface area (Å²) >= 11 is 0. The molecule has 118 valence electrons. The molecule has 3 atom stereocenters. The maximum Gasteiger partial charge on any atom is 0.124 e. The van der Waals surface area contributed by atoms with E-state index in [2.05, 4.69) is 51.2 Å². The summed E-state index contributed by atoms with van der Waals surface area (Å²) in [5.74, 6) is 1.52. The Hall–Kier alpha value is -1.06. The van der Waals surface area contributed by atoms with Crippen LogP contribution in [-0.4, -0.2) is 25.4 Å². The predicted octanol–water partition coefficient (Wildman–Crippen LogP) is 3.94. The van der Waals surface area contributed by atoms with Crippen LogP contribution in [0.15, 0.2) is 24.3 Å². The molecular formula is C18H29NO2. The highest BCUT2D eigenvalue weighted by Gasteiger charge is 2.35. The summed E-state index contributed by atoms with van der Waals surface area (Å²) in [7, 11) is 0. The fourth-order valence-corrected chi connectivity index (χ4v) is 3.28. The van der Waals surface area contributed by atoms with E-state index < -0.39 is 0 Å². The summed E-state index contributed by atoms with van der Waals surface area (Å²) in [4.78, 5) is 0. The molecule has 0 amide bonds. The molecule has 0 radical (unpaired) electrons. The van der Waals surface area contributed by atoms with E-state index in [1.807, 2.05) is 6.07 Å². The van der Waals surface area contributed by atoms with Crippen molar-refractivity contribution < 1.29 is 9.47 Å². The van der Waals surface area contributed by atoms with Crippen LogP contribution in [0, 0.1) is 5.92 Å². The monoisotopic (exact) mass is 291 g/mol. The third-order valence-electron chi connectivity index (χ3n) is 4.13. The lowest BCUT2D eigenvalue weighted by atomic mass is 9.86. The number of nitrogens with one attached hydrogen (secondary N) is 1. The number of para-hydroxylation sites is 1. The quantitative estimate of drug-likeness (QED) is 0.825. The van der Waals surface area contributed by atoms with E-state index in [4.69, 9.17) is 9.47 Å². The Morgan fingerprint density at radius 2 is 2.05 bits per heavy atom. The lowest BCUT2D eigenvalue weighted by Gasteiger charge is -2.30. The molecule has 0 bridgehead atoms. The maximum atomic E-state index is 6.02. The first kappa shape index (κ1) is 16.3. The molecule has 1 saturated heterocycles. The van der Waals surface area contributed by atoms with E-state index in [0.29, 0.717) is 18.1 Å². The number of hydrogen-bond acceptors (Lipinski definition) is 3. The minimum absolute atomic E-state index is 0.190. The van der Waals surface area contributed by atoms with Crippen molar-refractivity contribution in [2.45, 2.75) is 58.8 Å². The Bertz CT molecular complexity index is 433. The zero-order chi connectivity index (χ0) is 15.2. The van der Waals surface area contributed by atoms with E-state index in [0.717, 1.165) is 31.7 Å². The molecule has 1 fully saturated rings. The van der Waals surface area contributed by atoms with Crippen molar-refractivity contribution in [2.75, 3.05) is 13.2 Å². The summed E-state index contributed by atoms with van der Waals surface area (Å²) in [6.45, 7) is 10.4. The summed E-state index contributed by atoms with van der Waals surface area (Å²) in [6, 6.07) is 8.72. The highest BCUT2D eigenvalue weighted by molar-refractivity contribution is 5.37. The normalized spacial score (nSPS) is 23.5. The minimum Gasteiger partial charge on any atom is -0.491 e. The standard InChI is InChI=1S/C18H29NO2/c1-5-16-15(11-12-20-16)18(19-6-2)14-9-7-8-10-17(14)21-13(3)4/h7-10,13,15-16,18-19H,5-6,11-12H2,1-4H3. The molecule has 1 heterocycles. The number of ether oxygens (including phenoxy) is 2. The molecule has 2 rings (SSSR count). The van der Waals surface area contributed by atoms with Gasteiger partial charge in [0.15, 0.2) is 0 Å². The second-order valence-corrected chi connectivity index (χ2v) is 6.01. The zero-order valence-corrected chi connectivity index (χ0v) is 13.8. The molecule has 0 aliphatic carbocycles. The van der Waals surface area contributed by atoms with E-state index in [-0.39, 0.29) is 6.10 Å². The third kappa shape index (κ3) is 3.98. The topological polar surface area (TPSA) is 30.5 Å². The highest BCUT2D eigenvalue weighted by Crippen LogP contribution is 2.38. The van der Waals surface area contributed by atoms with Gasteiger partial charge in [-0.1, -0.05) is 32.0 Å². The molecule has 3 heteroatoms. The van der Waals surface area contributed by atoms with Crippen molar-refractivity contribution in [1.82, 2.24) is 5.32 Å². The zero-order valence-electron chi connectivity index (χ0n) is 13.8. The number of benzene rings is 1. The van der Waals surface area contributed by atoms with Crippen molar-refractivity contribution in [3.63, 3.8) is 0 Å². The fraction of sp³-hybridized carbons (Fsp3) is 0.667. The average Bonchev–Trinajstić information content (AvgIpc) is 2.93. The SMILES string of the molecule is CCNC(c1ccccc1OC(C)C)C1CCOC1CC. The van der Waals surface area contributed by atoms with Gasteiger partial charge < -0.3 is 14.8 Å². The Morgan fingerprint density at radius 1 is 1.29 bits per heavy atom. The van der Waals surface area contributed by atoms with Gasteiger partial charge in [0.2, 0.25) is 0 Å². The van der Waals surface area contributed by atoms with Crippen molar-refractivity contribution in [2.24, 2.45) is 5.92 Å². The summed E-state index contributed by atoms with van der Waals surface area (Å²) in [5.41, 5.74) is 1.27. The summed E-state index contributed by atoms with van der Waals surface area (Å²) in [6.07, 6.45) is 2.72. The van der Waals surface area contributed by atoms with Crippen molar-refractivity contribution in [1.29, 1.82) is 0 Å². The first-order valence-electron chi connectivity index (χ1n) is 8.27. The van der Waals surface area contributed by atoms with E-state index in [1.54, 1.807) is 0 Å². The lowest BCUT2D eigenvalue weighted by Crippen LogP contribution is -2.33. The van der Waals surface area contributed by atoms with Crippen LogP contribution in [0.5, 0.6) is 5.75 Å². The molecule has 1 aromatic carbocycles. The molecule has 1 aliphatic heterocycles. The molecular weight excluding hydrogens is 262 g/mol. The van der Waals surface area contributed by atoms with Gasteiger partial charge in [-0.15, -0.1) is 0 Å².